The Kier molecular flexibility index (Phi) is 6.64. The van der Waals surface area contributed by atoms with Crippen molar-refractivity contribution in [1.82, 2.24) is 19.5 Å². The number of imidazole rings is 1. The highest BCUT2D eigenvalue weighted by molar-refractivity contribution is 5.91. The summed E-state index contributed by atoms with van der Waals surface area (Å²) in [5, 5.41) is 21.3. The Bertz CT molecular complexity index is 1520. The average Bonchev–Trinajstić information content (AvgIpc) is 3.21. The first-order valence-electron chi connectivity index (χ1n) is 10.9. The summed E-state index contributed by atoms with van der Waals surface area (Å²) in [4.78, 5) is 36.3. The van der Waals surface area contributed by atoms with E-state index in [4.69, 9.17) is 15.2 Å². The molecule has 0 spiro atoms. The first-order chi connectivity index (χ1) is 17.3. The molecule has 12 nitrogen and oxygen atoms in total. The number of hydrogen-bond donors (Lipinski definition) is 3. The van der Waals surface area contributed by atoms with Gasteiger partial charge in [-0.1, -0.05) is 13.0 Å². The van der Waals surface area contributed by atoms with E-state index in [1.807, 2.05) is 24.5 Å². The van der Waals surface area contributed by atoms with Crippen LogP contribution in [0.3, 0.4) is 0 Å². The molecule has 12 heteroatoms. The summed E-state index contributed by atoms with van der Waals surface area (Å²) in [7, 11) is 0. The predicted octanol–water partition coefficient (Wildman–Crippen LogP) is 4.05. The number of fused-ring (bicyclic) bond motifs is 1. The number of hydrogen-bond acceptors (Lipinski definition) is 8. The number of primary amides is 1. The Balaban J connectivity index is 1.84. The van der Waals surface area contributed by atoms with Gasteiger partial charge in [0.25, 0.3) is 5.88 Å². The van der Waals surface area contributed by atoms with Gasteiger partial charge in [-0.3, -0.25) is 0 Å². The van der Waals surface area contributed by atoms with Crippen LogP contribution in [0.1, 0.15) is 35.6 Å². The minimum absolute atomic E-state index is 0.0569. The first-order valence-corrected chi connectivity index (χ1v) is 10.9. The molecule has 182 valence electrons. The van der Waals surface area contributed by atoms with Crippen molar-refractivity contribution in [3.8, 4) is 29.5 Å². The second-order valence-electron chi connectivity index (χ2n) is 7.46. The highest BCUT2D eigenvalue weighted by Crippen LogP contribution is 2.33. The van der Waals surface area contributed by atoms with Crippen LogP contribution in [-0.2, 0) is 13.0 Å². The SMILES string of the molecule is CCc1nc2c(Oc3cccc(NC(N)=O)c3)nc(Oc3cc(C#N)ccc3C(=O)O)nc2n1CC. The molecule has 0 atom stereocenters. The van der Waals surface area contributed by atoms with E-state index in [-0.39, 0.29) is 28.8 Å². The lowest BCUT2D eigenvalue weighted by Gasteiger charge is -2.11. The van der Waals surface area contributed by atoms with Crippen molar-refractivity contribution in [3.63, 3.8) is 0 Å². The molecular weight excluding hydrogens is 466 g/mol. The van der Waals surface area contributed by atoms with Crippen LogP contribution in [0.5, 0.6) is 23.4 Å². The summed E-state index contributed by atoms with van der Waals surface area (Å²) < 4.78 is 13.6. The van der Waals surface area contributed by atoms with Gasteiger partial charge in [0.2, 0.25) is 0 Å². The number of benzene rings is 2. The summed E-state index contributed by atoms with van der Waals surface area (Å²) in [5.74, 6) is -0.212. The zero-order valence-corrected chi connectivity index (χ0v) is 19.3. The van der Waals surface area contributed by atoms with E-state index < -0.39 is 12.0 Å². The van der Waals surface area contributed by atoms with E-state index in [9.17, 15) is 20.0 Å². The monoisotopic (exact) mass is 487 g/mol. The number of nitrogens with two attached hydrogens (primary N) is 1. The van der Waals surface area contributed by atoms with Gasteiger partial charge in [0, 0.05) is 24.7 Å². The number of nitriles is 1. The number of carbonyl (C=O) groups is 2. The van der Waals surface area contributed by atoms with Crippen molar-refractivity contribution in [2.24, 2.45) is 5.73 Å². The molecule has 0 bridgehead atoms. The third kappa shape index (κ3) is 4.85. The minimum Gasteiger partial charge on any atom is -0.478 e. The number of urea groups is 1. The van der Waals surface area contributed by atoms with Crippen LogP contribution in [0.4, 0.5) is 10.5 Å². The van der Waals surface area contributed by atoms with E-state index in [0.29, 0.717) is 35.6 Å². The summed E-state index contributed by atoms with van der Waals surface area (Å²) >= 11 is 0. The molecule has 0 aliphatic rings. The van der Waals surface area contributed by atoms with Crippen LogP contribution in [0.25, 0.3) is 11.2 Å². The van der Waals surface area contributed by atoms with Gasteiger partial charge in [-0.2, -0.15) is 15.2 Å². The molecule has 36 heavy (non-hydrogen) atoms. The topological polar surface area (TPSA) is 178 Å². The van der Waals surface area contributed by atoms with E-state index in [1.54, 1.807) is 24.3 Å². The summed E-state index contributed by atoms with van der Waals surface area (Å²) in [6.07, 6.45) is 0.616. The average molecular weight is 487 g/mol. The van der Waals surface area contributed by atoms with Crippen molar-refractivity contribution >= 4 is 28.9 Å². The number of aromatic nitrogens is 4. The van der Waals surface area contributed by atoms with Crippen LogP contribution < -0.4 is 20.5 Å². The molecule has 2 aromatic carbocycles. The zero-order valence-electron chi connectivity index (χ0n) is 19.3. The molecule has 4 N–H and O–H groups in total. The Labute approximate surface area is 204 Å². The van der Waals surface area contributed by atoms with E-state index in [1.165, 1.54) is 18.2 Å². The van der Waals surface area contributed by atoms with Gasteiger partial charge in [0.05, 0.1) is 11.6 Å². The molecule has 0 radical (unpaired) electrons. The van der Waals surface area contributed by atoms with Gasteiger partial charge in [-0.15, -0.1) is 0 Å². The number of carbonyl (C=O) groups excluding carboxylic acids is 1. The Morgan fingerprint density at radius 3 is 2.61 bits per heavy atom. The maximum atomic E-state index is 11.7. The molecule has 4 rings (SSSR count). The van der Waals surface area contributed by atoms with Gasteiger partial charge < -0.3 is 30.2 Å². The van der Waals surface area contributed by atoms with Crippen molar-refractivity contribution in [3.05, 3.63) is 59.4 Å². The standard InChI is InChI=1S/C24H21N7O5/c1-3-18-28-19-20(31(18)4-2)29-24(36-17-10-13(12-25)8-9-16(17)22(32)33)30-21(19)35-15-7-5-6-14(11-15)27-23(26)34/h5-11H,3-4H2,1-2H3,(H,32,33)(H3,26,27,34). The number of amides is 2. The number of aromatic carboxylic acids is 1. The molecule has 2 heterocycles. The lowest BCUT2D eigenvalue weighted by Crippen LogP contribution is -2.19. The third-order valence-electron chi connectivity index (χ3n) is 5.11. The molecule has 0 fully saturated rings. The van der Waals surface area contributed by atoms with Crippen molar-refractivity contribution in [2.75, 3.05) is 5.32 Å². The lowest BCUT2D eigenvalue weighted by molar-refractivity contribution is 0.0694. The fourth-order valence-corrected chi connectivity index (χ4v) is 3.56. The second-order valence-corrected chi connectivity index (χ2v) is 7.46. The fourth-order valence-electron chi connectivity index (χ4n) is 3.56. The van der Waals surface area contributed by atoms with Gasteiger partial charge in [0.15, 0.2) is 11.2 Å². The molecule has 2 aromatic heterocycles. The molecule has 0 aliphatic carbocycles. The third-order valence-corrected chi connectivity index (χ3v) is 5.11. The van der Waals surface area contributed by atoms with E-state index in [0.717, 1.165) is 5.82 Å². The molecular formula is C24H21N7O5. The quantitative estimate of drug-likeness (QED) is 0.330. The molecule has 0 saturated heterocycles. The largest absolute Gasteiger partial charge is 0.478 e. The van der Waals surface area contributed by atoms with Gasteiger partial charge in [-0.25, -0.2) is 14.6 Å². The first kappa shape index (κ1) is 24.0. The fraction of sp³-hybridized carbons (Fsp3) is 0.167. The second kappa shape index (κ2) is 9.98. The Hall–Kier alpha value is -5.18. The van der Waals surface area contributed by atoms with Crippen molar-refractivity contribution in [2.45, 2.75) is 26.8 Å². The van der Waals surface area contributed by atoms with Crippen LogP contribution >= 0.6 is 0 Å². The van der Waals surface area contributed by atoms with E-state index in [2.05, 4.69) is 20.3 Å². The number of carboxylic acids is 1. The maximum absolute atomic E-state index is 11.7. The highest BCUT2D eigenvalue weighted by Gasteiger charge is 2.21. The normalized spacial score (nSPS) is 10.6. The molecule has 0 aliphatic heterocycles. The number of anilines is 1. The molecule has 0 saturated carbocycles. The predicted molar refractivity (Wildman–Crippen MR) is 128 cm³/mol. The van der Waals surface area contributed by atoms with Crippen molar-refractivity contribution < 1.29 is 24.2 Å². The zero-order chi connectivity index (χ0) is 25.8. The number of carboxylic acid groups (broad SMARTS) is 1. The van der Waals surface area contributed by atoms with Crippen LogP contribution in [-0.4, -0.2) is 36.6 Å². The summed E-state index contributed by atoms with van der Waals surface area (Å²) in [6, 6.07) is 11.5. The van der Waals surface area contributed by atoms with Gasteiger partial charge in [-0.05, 0) is 37.3 Å². The van der Waals surface area contributed by atoms with Crippen molar-refractivity contribution in [1.29, 1.82) is 5.26 Å². The van der Waals surface area contributed by atoms with E-state index >= 15 is 0 Å². The summed E-state index contributed by atoms with van der Waals surface area (Å²) in [5.41, 5.74) is 6.45. The molecule has 4 aromatic rings. The summed E-state index contributed by atoms with van der Waals surface area (Å²) in [6.45, 7) is 4.43. The van der Waals surface area contributed by atoms with Gasteiger partial charge in [0.1, 0.15) is 22.9 Å². The van der Waals surface area contributed by atoms with Crippen LogP contribution in [0.15, 0.2) is 42.5 Å². The number of nitrogens with zero attached hydrogens (tertiary/aromatic N) is 5. The van der Waals surface area contributed by atoms with Gasteiger partial charge >= 0.3 is 18.0 Å². The molecule has 2 amide bonds. The minimum atomic E-state index is -1.24. The highest BCUT2D eigenvalue weighted by atomic mass is 16.5. The molecule has 0 unspecified atom stereocenters. The number of nitrogens with one attached hydrogen (secondary N) is 1. The van der Waals surface area contributed by atoms with Crippen LogP contribution in [0, 0.1) is 11.3 Å². The van der Waals surface area contributed by atoms with Crippen LogP contribution in [0.2, 0.25) is 0 Å². The number of aryl methyl sites for hydroxylation is 2. The Morgan fingerprint density at radius 1 is 1.14 bits per heavy atom. The number of rotatable bonds is 8. The lowest BCUT2D eigenvalue weighted by atomic mass is 10.1. The maximum Gasteiger partial charge on any atom is 0.339 e. The Morgan fingerprint density at radius 2 is 1.94 bits per heavy atom. The number of ether oxygens (including phenoxy) is 2. The smallest absolute Gasteiger partial charge is 0.339 e.